The summed E-state index contributed by atoms with van der Waals surface area (Å²) in [4.78, 5) is 4.06. The van der Waals surface area contributed by atoms with E-state index >= 15 is 0 Å². The Balaban J connectivity index is 2.19. The van der Waals surface area contributed by atoms with Crippen LogP contribution in [0.2, 0.25) is 0 Å². The fourth-order valence-corrected chi connectivity index (χ4v) is 2.05. The minimum Gasteiger partial charge on any atom is -0.268 e. The van der Waals surface area contributed by atoms with Crippen molar-refractivity contribution in [1.82, 2.24) is 19.7 Å². The fraction of sp³-hybridized carbons (Fsp3) is 0. The van der Waals surface area contributed by atoms with E-state index in [1.165, 1.54) is 12.1 Å². The second-order valence-corrected chi connectivity index (χ2v) is 4.29. The van der Waals surface area contributed by atoms with Crippen LogP contribution >= 0.6 is 12.2 Å². The summed E-state index contributed by atoms with van der Waals surface area (Å²) in [6.07, 6.45) is 3.39. The Morgan fingerprint density at radius 3 is 2.63 bits per heavy atom. The lowest BCUT2D eigenvalue weighted by Crippen LogP contribution is -1.98. The SMILES string of the molecule is Fc1ccc(-n2c(-c3cccnc3)n[nH]c2=S)cc1. The number of aromatic nitrogens is 4. The van der Waals surface area contributed by atoms with Crippen molar-refractivity contribution in [2.75, 3.05) is 0 Å². The smallest absolute Gasteiger partial charge is 0.200 e. The van der Waals surface area contributed by atoms with Crippen molar-refractivity contribution in [3.8, 4) is 17.1 Å². The molecule has 0 atom stereocenters. The highest BCUT2D eigenvalue weighted by atomic mass is 32.1. The molecular formula is C13H9FN4S. The van der Waals surface area contributed by atoms with Gasteiger partial charge in [-0.2, -0.15) is 5.10 Å². The van der Waals surface area contributed by atoms with Gasteiger partial charge >= 0.3 is 0 Å². The van der Waals surface area contributed by atoms with Crippen LogP contribution < -0.4 is 0 Å². The first-order chi connectivity index (χ1) is 9.25. The van der Waals surface area contributed by atoms with Crippen LogP contribution in [0, 0.1) is 10.6 Å². The topological polar surface area (TPSA) is 46.5 Å². The molecule has 0 amide bonds. The normalized spacial score (nSPS) is 10.6. The Labute approximate surface area is 113 Å². The van der Waals surface area contributed by atoms with Crippen LogP contribution in [0.1, 0.15) is 0 Å². The van der Waals surface area contributed by atoms with Gasteiger partial charge in [-0.25, -0.2) is 4.39 Å². The van der Waals surface area contributed by atoms with Gasteiger partial charge in [0.2, 0.25) is 0 Å². The quantitative estimate of drug-likeness (QED) is 0.729. The number of rotatable bonds is 2. The second-order valence-electron chi connectivity index (χ2n) is 3.91. The summed E-state index contributed by atoms with van der Waals surface area (Å²) in [6.45, 7) is 0. The summed E-state index contributed by atoms with van der Waals surface area (Å²) in [5.41, 5.74) is 1.58. The maximum absolute atomic E-state index is 13.0. The Morgan fingerprint density at radius 2 is 1.95 bits per heavy atom. The van der Waals surface area contributed by atoms with E-state index in [4.69, 9.17) is 12.2 Å². The summed E-state index contributed by atoms with van der Waals surface area (Å²) in [5, 5.41) is 6.94. The predicted molar refractivity (Wildman–Crippen MR) is 71.9 cm³/mol. The summed E-state index contributed by atoms with van der Waals surface area (Å²) < 4.78 is 15.2. The number of H-pyrrole nitrogens is 1. The van der Waals surface area contributed by atoms with Crippen LogP contribution in [0.3, 0.4) is 0 Å². The molecule has 0 aliphatic rings. The molecule has 0 bridgehead atoms. The van der Waals surface area contributed by atoms with E-state index in [9.17, 15) is 4.39 Å². The molecule has 3 aromatic rings. The van der Waals surface area contributed by atoms with Crippen molar-refractivity contribution in [3.63, 3.8) is 0 Å². The monoisotopic (exact) mass is 272 g/mol. The first-order valence-electron chi connectivity index (χ1n) is 5.59. The summed E-state index contributed by atoms with van der Waals surface area (Å²) >= 11 is 5.22. The molecule has 94 valence electrons. The molecular weight excluding hydrogens is 263 g/mol. The predicted octanol–water partition coefficient (Wildman–Crippen LogP) is 3.13. The molecule has 1 aromatic carbocycles. The van der Waals surface area contributed by atoms with E-state index in [1.807, 2.05) is 12.1 Å². The lowest BCUT2D eigenvalue weighted by atomic mass is 10.2. The van der Waals surface area contributed by atoms with Crippen LogP contribution in [0.25, 0.3) is 17.1 Å². The molecule has 0 saturated heterocycles. The largest absolute Gasteiger partial charge is 0.268 e. The maximum atomic E-state index is 13.0. The van der Waals surface area contributed by atoms with Gasteiger partial charge in [0.25, 0.3) is 0 Å². The maximum Gasteiger partial charge on any atom is 0.200 e. The molecule has 0 spiro atoms. The average Bonchev–Trinajstić information content (AvgIpc) is 2.83. The van der Waals surface area contributed by atoms with Gasteiger partial charge in [-0.05, 0) is 48.6 Å². The zero-order valence-corrected chi connectivity index (χ0v) is 10.6. The number of halogens is 1. The van der Waals surface area contributed by atoms with E-state index in [-0.39, 0.29) is 5.82 Å². The zero-order valence-electron chi connectivity index (χ0n) is 9.75. The Hall–Kier alpha value is -2.34. The number of hydrogen-bond acceptors (Lipinski definition) is 3. The van der Waals surface area contributed by atoms with E-state index < -0.39 is 0 Å². The van der Waals surface area contributed by atoms with Crippen LogP contribution in [0.15, 0.2) is 48.8 Å². The Kier molecular flexibility index (Phi) is 2.92. The Morgan fingerprint density at radius 1 is 1.16 bits per heavy atom. The van der Waals surface area contributed by atoms with E-state index in [0.717, 1.165) is 11.3 Å². The number of aromatic amines is 1. The average molecular weight is 272 g/mol. The molecule has 0 aliphatic carbocycles. The van der Waals surface area contributed by atoms with Gasteiger partial charge in [0.1, 0.15) is 5.82 Å². The van der Waals surface area contributed by atoms with Crippen LogP contribution in [-0.2, 0) is 0 Å². The van der Waals surface area contributed by atoms with Crippen LogP contribution in [-0.4, -0.2) is 19.7 Å². The van der Waals surface area contributed by atoms with Crippen molar-refractivity contribution >= 4 is 12.2 Å². The first-order valence-corrected chi connectivity index (χ1v) is 6.00. The standard InChI is InChI=1S/C13H9FN4S/c14-10-3-5-11(6-4-10)18-12(16-17-13(18)19)9-2-1-7-15-8-9/h1-8H,(H,17,19). The van der Waals surface area contributed by atoms with Crippen molar-refractivity contribution in [2.24, 2.45) is 0 Å². The van der Waals surface area contributed by atoms with E-state index in [2.05, 4.69) is 15.2 Å². The number of benzene rings is 1. The summed E-state index contributed by atoms with van der Waals surface area (Å²) in [5.74, 6) is 0.353. The molecule has 3 rings (SSSR count). The second kappa shape index (κ2) is 4.74. The van der Waals surface area contributed by atoms with Crippen molar-refractivity contribution in [1.29, 1.82) is 0 Å². The van der Waals surface area contributed by atoms with Gasteiger partial charge in [-0.15, -0.1) is 0 Å². The van der Waals surface area contributed by atoms with E-state index in [0.29, 0.717) is 10.6 Å². The first kappa shape index (κ1) is 11.7. The highest BCUT2D eigenvalue weighted by Crippen LogP contribution is 2.20. The van der Waals surface area contributed by atoms with Gasteiger partial charge < -0.3 is 0 Å². The van der Waals surface area contributed by atoms with Crippen LogP contribution in [0.4, 0.5) is 4.39 Å². The van der Waals surface area contributed by atoms with Gasteiger partial charge in [-0.1, -0.05) is 0 Å². The highest BCUT2D eigenvalue weighted by molar-refractivity contribution is 7.71. The van der Waals surface area contributed by atoms with Crippen LogP contribution in [0.5, 0.6) is 0 Å². The van der Waals surface area contributed by atoms with Crippen molar-refractivity contribution < 1.29 is 4.39 Å². The third-order valence-corrected chi connectivity index (χ3v) is 2.95. The molecule has 2 heterocycles. The van der Waals surface area contributed by atoms with Gasteiger partial charge in [0.15, 0.2) is 10.6 Å². The van der Waals surface area contributed by atoms with Gasteiger partial charge in [-0.3, -0.25) is 14.6 Å². The zero-order chi connectivity index (χ0) is 13.2. The summed E-state index contributed by atoms with van der Waals surface area (Å²) in [7, 11) is 0. The summed E-state index contributed by atoms with van der Waals surface area (Å²) in [6, 6.07) is 9.79. The van der Waals surface area contributed by atoms with Crippen molar-refractivity contribution in [2.45, 2.75) is 0 Å². The molecule has 2 aromatic heterocycles. The third-order valence-electron chi connectivity index (χ3n) is 2.68. The van der Waals surface area contributed by atoms with Gasteiger partial charge in [0, 0.05) is 18.0 Å². The molecule has 6 heteroatoms. The van der Waals surface area contributed by atoms with Crippen molar-refractivity contribution in [3.05, 3.63) is 59.4 Å². The molecule has 0 fully saturated rings. The highest BCUT2D eigenvalue weighted by Gasteiger charge is 2.10. The molecule has 1 N–H and O–H groups in total. The molecule has 0 aliphatic heterocycles. The molecule has 0 saturated carbocycles. The number of pyridine rings is 1. The minimum absolute atomic E-state index is 0.290. The fourth-order valence-electron chi connectivity index (χ4n) is 1.82. The lowest BCUT2D eigenvalue weighted by Gasteiger charge is -2.06. The number of nitrogens with zero attached hydrogens (tertiary/aromatic N) is 3. The molecule has 0 radical (unpaired) electrons. The molecule has 0 unspecified atom stereocenters. The molecule has 4 nitrogen and oxygen atoms in total. The molecule has 19 heavy (non-hydrogen) atoms. The number of hydrogen-bond donors (Lipinski definition) is 1. The number of nitrogens with one attached hydrogen (secondary N) is 1. The van der Waals surface area contributed by atoms with E-state index in [1.54, 1.807) is 29.1 Å². The lowest BCUT2D eigenvalue weighted by molar-refractivity contribution is 0.627. The Bertz CT molecular complexity index is 746. The minimum atomic E-state index is -0.290. The van der Waals surface area contributed by atoms with Gasteiger partial charge in [0.05, 0.1) is 5.69 Å². The third kappa shape index (κ3) is 2.17.